The largest absolute Gasteiger partial charge is 0.351 e. The maximum atomic E-state index is 14.7. The van der Waals surface area contributed by atoms with Gasteiger partial charge in [-0.2, -0.15) is 5.26 Å². The lowest BCUT2D eigenvalue weighted by Crippen LogP contribution is -2.56. The smallest absolute Gasteiger partial charge is 0.252 e. The molecule has 2 fully saturated rings. The fourth-order valence-electron chi connectivity index (χ4n) is 5.46. The molecule has 1 aliphatic carbocycles. The second-order valence-electron chi connectivity index (χ2n) is 10.9. The number of carbonyl (C=O) groups excluding carboxylic acids is 3. The summed E-state index contributed by atoms with van der Waals surface area (Å²) in [4.78, 5) is 48.3. The van der Waals surface area contributed by atoms with Crippen LogP contribution in [0.25, 0.3) is 0 Å². The molecule has 46 heavy (non-hydrogen) atoms. The van der Waals surface area contributed by atoms with E-state index in [4.69, 9.17) is 11.6 Å². The Labute approximate surface area is 270 Å². The monoisotopic (exact) mass is 672 g/mol. The summed E-state index contributed by atoms with van der Waals surface area (Å²) >= 11 is 6.55. The van der Waals surface area contributed by atoms with Gasteiger partial charge in [-0.3, -0.25) is 28.9 Å². The number of nitrogens with zero attached hydrogens (tertiary/aromatic N) is 4. The normalized spacial score (nSPS) is 18.0. The topological polar surface area (TPSA) is 153 Å². The van der Waals surface area contributed by atoms with Gasteiger partial charge in [0.15, 0.2) is 0 Å². The molecule has 0 bridgehead atoms. The number of pyridine rings is 1. The van der Waals surface area contributed by atoms with Crippen molar-refractivity contribution in [3.05, 3.63) is 83.0 Å². The fraction of sp³-hybridized carbons (Fsp3) is 0.323. The van der Waals surface area contributed by atoms with Crippen LogP contribution in [-0.2, 0) is 24.4 Å². The Morgan fingerprint density at radius 3 is 2.52 bits per heavy atom. The number of hydrogen-bond acceptors (Lipinski definition) is 7. The number of sulfonamides is 1. The highest BCUT2D eigenvalue weighted by atomic mass is 35.5. The van der Waals surface area contributed by atoms with E-state index in [1.807, 2.05) is 6.07 Å². The Kier molecular flexibility index (Phi) is 9.98. The number of rotatable bonds is 9. The molecule has 0 spiro atoms. The molecule has 2 atom stereocenters. The van der Waals surface area contributed by atoms with Crippen LogP contribution in [0, 0.1) is 11.3 Å². The SMILES string of the molecule is C.CS(=O)(=O)Nc1cccc(N(C(=O)[C@@H]2CCC(=O)N2c2cc(C#N)ccn2)[C@H](C(=O)NC2CC(F)(F)C2)c2ccccc2Cl)c1. The zero-order chi connectivity index (χ0) is 32.5. The van der Waals surface area contributed by atoms with Gasteiger partial charge in [-0.15, -0.1) is 0 Å². The Balaban J connectivity index is 0.00000480. The summed E-state index contributed by atoms with van der Waals surface area (Å²) < 4.78 is 53.8. The molecule has 2 aliphatic rings. The number of nitrogens with one attached hydrogen (secondary N) is 2. The highest BCUT2D eigenvalue weighted by Gasteiger charge is 2.48. The Hall–Kier alpha value is -4.61. The summed E-state index contributed by atoms with van der Waals surface area (Å²) in [6.45, 7) is 0. The number of nitriles is 1. The van der Waals surface area contributed by atoms with Crippen molar-refractivity contribution in [1.82, 2.24) is 10.3 Å². The second-order valence-corrected chi connectivity index (χ2v) is 13.0. The Morgan fingerprint density at radius 1 is 1.15 bits per heavy atom. The van der Waals surface area contributed by atoms with Crippen molar-refractivity contribution in [3.63, 3.8) is 0 Å². The van der Waals surface area contributed by atoms with Crippen LogP contribution in [0.5, 0.6) is 0 Å². The lowest BCUT2D eigenvalue weighted by molar-refractivity contribution is -0.133. The van der Waals surface area contributed by atoms with E-state index in [0.29, 0.717) is 0 Å². The first kappa shape index (κ1) is 34.3. The summed E-state index contributed by atoms with van der Waals surface area (Å²) in [6, 6.07) is 13.1. The molecule has 242 valence electrons. The van der Waals surface area contributed by atoms with Gasteiger partial charge in [-0.05, 0) is 42.8 Å². The van der Waals surface area contributed by atoms with Gasteiger partial charge < -0.3 is 5.32 Å². The Bertz CT molecular complexity index is 1810. The molecule has 15 heteroatoms. The molecule has 3 aromatic rings. The molecule has 0 radical (unpaired) electrons. The van der Waals surface area contributed by atoms with Gasteiger partial charge in [0.1, 0.15) is 17.9 Å². The average Bonchev–Trinajstić information content (AvgIpc) is 3.35. The van der Waals surface area contributed by atoms with Gasteiger partial charge in [-0.25, -0.2) is 22.2 Å². The molecule has 1 aliphatic heterocycles. The van der Waals surface area contributed by atoms with Crippen LogP contribution >= 0.6 is 11.6 Å². The molecular formula is C31H31ClF2N6O5S. The summed E-state index contributed by atoms with van der Waals surface area (Å²) in [7, 11) is -3.74. The number of carbonyl (C=O) groups is 3. The van der Waals surface area contributed by atoms with Crippen LogP contribution in [0.2, 0.25) is 5.02 Å². The molecule has 5 rings (SSSR count). The molecule has 11 nitrogen and oxygen atoms in total. The minimum atomic E-state index is -3.74. The van der Waals surface area contributed by atoms with Crippen LogP contribution < -0.4 is 19.8 Å². The standard InChI is InChI=1S/C30H27ClF2N6O5S.CH4/c1-45(43,44)37-19-5-4-6-21(14-19)38(29(42)24-9-10-26(40)39(24)25-13-18(17-34)11-12-35-25)27(22-7-2-3-8-23(22)31)28(41)36-20-15-30(32,33)16-20;/h2-8,11-14,20,24,27,37H,9-10,15-16H2,1H3,(H,36,41);1H4/t24-,27-;/m0./s1. The van der Waals surface area contributed by atoms with Crippen LogP contribution in [0.4, 0.5) is 26.0 Å². The van der Waals surface area contributed by atoms with Crippen molar-refractivity contribution in [3.8, 4) is 6.07 Å². The lowest BCUT2D eigenvalue weighted by Gasteiger charge is -2.39. The van der Waals surface area contributed by atoms with Gasteiger partial charge in [0.05, 0.1) is 23.6 Å². The summed E-state index contributed by atoms with van der Waals surface area (Å²) in [5, 5.41) is 12.1. The predicted octanol–water partition coefficient (Wildman–Crippen LogP) is 4.80. The number of alkyl halides is 2. The van der Waals surface area contributed by atoms with Gasteiger partial charge >= 0.3 is 0 Å². The van der Waals surface area contributed by atoms with Crippen LogP contribution in [0.3, 0.4) is 0 Å². The van der Waals surface area contributed by atoms with Gasteiger partial charge in [-0.1, -0.05) is 43.3 Å². The maximum absolute atomic E-state index is 14.7. The van der Waals surface area contributed by atoms with Crippen molar-refractivity contribution in [1.29, 1.82) is 5.26 Å². The van der Waals surface area contributed by atoms with E-state index in [0.717, 1.165) is 16.1 Å². The zero-order valence-corrected chi connectivity index (χ0v) is 25.4. The summed E-state index contributed by atoms with van der Waals surface area (Å²) in [5.41, 5.74) is 0.504. The molecule has 2 heterocycles. The van der Waals surface area contributed by atoms with E-state index in [-0.39, 0.29) is 53.6 Å². The zero-order valence-electron chi connectivity index (χ0n) is 23.8. The van der Waals surface area contributed by atoms with E-state index in [1.54, 1.807) is 12.1 Å². The number of aromatic nitrogens is 1. The Morgan fingerprint density at radius 2 is 1.87 bits per heavy atom. The first-order valence-corrected chi connectivity index (χ1v) is 16.0. The number of anilines is 3. The molecule has 1 saturated heterocycles. The first-order chi connectivity index (χ1) is 21.3. The van der Waals surface area contributed by atoms with E-state index in [9.17, 15) is 36.8 Å². The molecule has 1 saturated carbocycles. The van der Waals surface area contributed by atoms with E-state index in [1.165, 1.54) is 54.7 Å². The van der Waals surface area contributed by atoms with Crippen molar-refractivity contribution in [2.24, 2.45) is 0 Å². The summed E-state index contributed by atoms with van der Waals surface area (Å²) in [6.07, 6.45) is 1.09. The van der Waals surface area contributed by atoms with Crippen LogP contribution in [-0.4, -0.2) is 55.4 Å². The molecular weight excluding hydrogens is 642 g/mol. The molecule has 0 unspecified atom stereocenters. The van der Waals surface area contributed by atoms with Gasteiger partial charge in [0, 0.05) is 47.8 Å². The molecule has 2 aromatic carbocycles. The maximum Gasteiger partial charge on any atom is 0.252 e. The number of hydrogen-bond donors (Lipinski definition) is 2. The quantitative estimate of drug-likeness (QED) is 0.331. The lowest BCUT2D eigenvalue weighted by atomic mass is 9.87. The second kappa shape index (κ2) is 13.4. The molecule has 3 amide bonds. The first-order valence-electron chi connectivity index (χ1n) is 13.8. The number of halogens is 3. The van der Waals surface area contributed by atoms with Gasteiger partial charge in [0.25, 0.3) is 11.8 Å². The van der Waals surface area contributed by atoms with Crippen LogP contribution in [0.1, 0.15) is 50.3 Å². The minimum absolute atomic E-state index is 0. The van der Waals surface area contributed by atoms with Crippen molar-refractivity contribution in [2.75, 3.05) is 20.8 Å². The van der Waals surface area contributed by atoms with E-state index < -0.39 is 64.6 Å². The molecule has 1 aromatic heterocycles. The highest BCUT2D eigenvalue weighted by Crippen LogP contribution is 2.40. The van der Waals surface area contributed by atoms with Crippen molar-refractivity contribution < 1.29 is 31.6 Å². The number of benzene rings is 2. The summed E-state index contributed by atoms with van der Waals surface area (Å²) in [5.74, 6) is -4.88. The van der Waals surface area contributed by atoms with E-state index >= 15 is 0 Å². The third kappa shape index (κ3) is 7.43. The highest BCUT2D eigenvalue weighted by molar-refractivity contribution is 7.92. The van der Waals surface area contributed by atoms with Crippen LogP contribution in [0.15, 0.2) is 66.9 Å². The third-order valence-corrected chi connectivity index (χ3v) is 8.38. The number of amides is 3. The minimum Gasteiger partial charge on any atom is -0.351 e. The van der Waals surface area contributed by atoms with Gasteiger partial charge in [0.2, 0.25) is 21.8 Å². The predicted molar refractivity (Wildman–Crippen MR) is 169 cm³/mol. The third-order valence-electron chi connectivity index (χ3n) is 7.43. The average molecular weight is 673 g/mol. The molecule has 2 N–H and O–H groups in total. The van der Waals surface area contributed by atoms with Crippen molar-refractivity contribution in [2.45, 2.75) is 57.2 Å². The van der Waals surface area contributed by atoms with Crippen molar-refractivity contribution >= 4 is 56.5 Å². The van der Waals surface area contributed by atoms with E-state index in [2.05, 4.69) is 15.0 Å². The fourth-order valence-corrected chi connectivity index (χ4v) is 6.25.